The number of carbonyl (C=O) groups excluding carboxylic acids is 2. The van der Waals surface area contributed by atoms with Crippen molar-refractivity contribution in [3.8, 4) is 0 Å². The smallest absolute Gasteiger partial charge is 0.230 e. The van der Waals surface area contributed by atoms with Gasteiger partial charge in [0, 0.05) is 36.0 Å². The highest BCUT2D eigenvalue weighted by Crippen LogP contribution is 2.47. The Labute approximate surface area is 219 Å². The van der Waals surface area contributed by atoms with Gasteiger partial charge in [-0.2, -0.15) is 0 Å². The van der Waals surface area contributed by atoms with Gasteiger partial charge < -0.3 is 5.32 Å². The van der Waals surface area contributed by atoms with Crippen LogP contribution in [-0.4, -0.2) is 16.7 Å². The summed E-state index contributed by atoms with van der Waals surface area (Å²) < 4.78 is 0. The Kier molecular flexibility index (Phi) is 6.49. The summed E-state index contributed by atoms with van der Waals surface area (Å²) in [6, 6.07) is 19.9. The molecule has 2 atom stereocenters. The number of nitrogens with one attached hydrogen (secondary N) is 1. The number of hydrogen-bond acceptors (Lipinski definition) is 4. The fraction of sp³-hybridized carbons (Fsp3) is 0.344. The van der Waals surface area contributed by atoms with E-state index in [0.29, 0.717) is 18.4 Å². The lowest BCUT2D eigenvalue weighted by Crippen LogP contribution is -2.40. The van der Waals surface area contributed by atoms with Crippen molar-refractivity contribution in [3.05, 3.63) is 101 Å². The fourth-order valence-corrected chi connectivity index (χ4v) is 5.46. The van der Waals surface area contributed by atoms with Crippen molar-refractivity contribution in [2.24, 2.45) is 5.92 Å². The summed E-state index contributed by atoms with van der Waals surface area (Å²) in [7, 11) is 0. The molecule has 2 heterocycles. The Balaban J connectivity index is 1.64. The van der Waals surface area contributed by atoms with Crippen LogP contribution >= 0.6 is 0 Å². The van der Waals surface area contributed by atoms with Gasteiger partial charge in [-0.1, -0.05) is 71.0 Å². The van der Waals surface area contributed by atoms with Gasteiger partial charge in [0.25, 0.3) is 0 Å². The zero-order valence-electron chi connectivity index (χ0n) is 22.3. The third kappa shape index (κ3) is 4.71. The molecule has 0 bridgehead atoms. The number of carbonyl (C=O) groups is 2. The van der Waals surface area contributed by atoms with Crippen LogP contribution < -0.4 is 10.2 Å². The van der Waals surface area contributed by atoms with Gasteiger partial charge in [-0.05, 0) is 58.7 Å². The Bertz CT molecular complexity index is 1350. The molecule has 2 aromatic carbocycles. The normalized spacial score (nSPS) is 19.7. The summed E-state index contributed by atoms with van der Waals surface area (Å²) in [4.78, 5) is 33.8. The minimum absolute atomic E-state index is 0.0162. The maximum atomic E-state index is 14.0. The SMILES string of the molecule is CC(C)C(=O)N1c2ccccc2NC2=C(C(=O)C[C@H](c3ccc(C(C)(C)C)cc3)C2)[C@H]1c1ccncc1. The van der Waals surface area contributed by atoms with Gasteiger partial charge in [-0.15, -0.1) is 0 Å². The van der Waals surface area contributed by atoms with Crippen molar-refractivity contribution in [1.82, 2.24) is 4.98 Å². The second kappa shape index (κ2) is 9.62. The summed E-state index contributed by atoms with van der Waals surface area (Å²) >= 11 is 0. The number of fused-ring (bicyclic) bond motifs is 1. The van der Waals surface area contributed by atoms with Crippen LogP contribution in [0.5, 0.6) is 0 Å². The molecule has 0 fully saturated rings. The average Bonchev–Trinajstić information content (AvgIpc) is 3.03. The molecule has 1 aromatic heterocycles. The van der Waals surface area contributed by atoms with E-state index in [0.717, 1.165) is 22.6 Å². The van der Waals surface area contributed by atoms with Crippen LogP contribution in [0.1, 0.15) is 76.1 Å². The monoisotopic (exact) mass is 493 g/mol. The van der Waals surface area contributed by atoms with Crippen molar-refractivity contribution in [3.63, 3.8) is 0 Å². The van der Waals surface area contributed by atoms with Gasteiger partial charge >= 0.3 is 0 Å². The van der Waals surface area contributed by atoms with Crippen LogP contribution in [0.25, 0.3) is 0 Å². The number of pyridine rings is 1. The van der Waals surface area contributed by atoms with E-state index < -0.39 is 6.04 Å². The summed E-state index contributed by atoms with van der Waals surface area (Å²) in [6.07, 6.45) is 4.57. The summed E-state index contributed by atoms with van der Waals surface area (Å²) in [5.74, 6) is -0.0926. The standard InChI is InChI=1S/C32H35N3O2/c1-20(2)31(37)35-27-9-7-6-8-25(27)34-26-18-23(21-10-12-24(13-11-21)32(3,4)5)19-28(36)29(26)30(35)22-14-16-33-17-15-22/h6-17,20,23,30,34H,18-19H2,1-5H3/t23-,30-/m1/s1. The molecule has 0 radical (unpaired) electrons. The van der Waals surface area contributed by atoms with Gasteiger partial charge in [0.15, 0.2) is 5.78 Å². The molecule has 1 N–H and O–H groups in total. The molecule has 0 saturated carbocycles. The Morgan fingerprint density at radius 1 is 0.946 bits per heavy atom. The van der Waals surface area contributed by atoms with E-state index in [1.165, 1.54) is 11.1 Å². The predicted molar refractivity (Wildman–Crippen MR) is 149 cm³/mol. The number of benzene rings is 2. The summed E-state index contributed by atoms with van der Waals surface area (Å²) in [6.45, 7) is 10.4. The quantitative estimate of drug-likeness (QED) is 0.429. The van der Waals surface area contributed by atoms with Gasteiger partial charge in [0.05, 0.1) is 17.4 Å². The molecule has 0 unspecified atom stereocenters. The van der Waals surface area contributed by atoms with Gasteiger partial charge in [0.1, 0.15) is 0 Å². The Morgan fingerprint density at radius 3 is 2.27 bits per heavy atom. The molecule has 1 amide bonds. The van der Waals surface area contributed by atoms with Crippen molar-refractivity contribution in [2.75, 3.05) is 10.2 Å². The molecular weight excluding hydrogens is 458 g/mol. The highest BCUT2D eigenvalue weighted by atomic mass is 16.2. The molecule has 1 aliphatic heterocycles. The maximum Gasteiger partial charge on any atom is 0.230 e. The fourth-order valence-electron chi connectivity index (χ4n) is 5.46. The molecule has 3 aromatic rings. The van der Waals surface area contributed by atoms with E-state index in [2.05, 4.69) is 55.3 Å². The molecule has 0 spiro atoms. The molecule has 0 saturated heterocycles. The minimum atomic E-state index is -0.513. The molecular formula is C32H35N3O2. The molecule has 5 nitrogen and oxygen atoms in total. The van der Waals surface area contributed by atoms with E-state index in [9.17, 15) is 9.59 Å². The summed E-state index contributed by atoms with van der Waals surface area (Å²) in [5.41, 5.74) is 6.62. The van der Waals surface area contributed by atoms with Crippen LogP contribution in [0, 0.1) is 5.92 Å². The lowest BCUT2D eigenvalue weighted by Gasteiger charge is -2.36. The number of hydrogen-bond donors (Lipinski definition) is 1. The average molecular weight is 494 g/mol. The molecule has 190 valence electrons. The first-order valence-electron chi connectivity index (χ1n) is 13.1. The topological polar surface area (TPSA) is 62.3 Å². The number of para-hydroxylation sites is 2. The van der Waals surface area contributed by atoms with Crippen molar-refractivity contribution < 1.29 is 9.59 Å². The lowest BCUT2D eigenvalue weighted by molar-refractivity contribution is -0.121. The van der Waals surface area contributed by atoms with Crippen molar-refractivity contribution in [1.29, 1.82) is 0 Å². The maximum absolute atomic E-state index is 14.0. The van der Waals surface area contributed by atoms with Crippen LogP contribution in [0.15, 0.2) is 84.3 Å². The number of rotatable bonds is 3. The molecule has 37 heavy (non-hydrogen) atoms. The van der Waals surface area contributed by atoms with E-state index in [1.54, 1.807) is 12.4 Å². The molecule has 5 rings (SSSR count). The van der Waals surface area contributed by atoms with E-state index in [-0.39, 0.29) is 28.9 Å². The van der Waals surface area contributed by atoms with E-state index in [4.69, 9.17) is 0 Å². The number of nitrogens with zero attached hydrogens (tertiary/aromatic N) is 2. The minimum Gasteiger partial charge on any atom is -0.357 e. The summed E-state index contributed by atoms with van der Waals surface area (Å²) in [5, 5.41) is 3.60. The van der Waals surface area contributed by atoms with Crippen molar-refractivity contribution in [2.45, 2.75) is 64.8 Å². The van der Waals surface area contributed by atoms with Gasteiger partial charge in [-0.25, -0.2) is 0 Å². The zero-order chi connectivity index (χ0) is 26.3. The van der Waals surface area contributed by atoms with Crippen LogP contribution in [0.3, 0.4) is 0 Å². The third-order valence-corrected chi connectivity index (χ3v) is 7.49. The largest absolute Gasteiger partial charge is 0.357 e. The zero-order valence-corrected chi connectivity index (χ0v) is 22.3. The van der Waals surface area contributed by atoms with Gasteiger partial charge in [-0.3, -0.25) is 19.5 Å². The first-order chi connectivity index (χ1) is 17.6. The third-order valence-electron chi connectivity index (χ3n) is 7.49. The lowest BCUT2D eigenvalue weighted by atomic mass is 9.77. The molecule has 5 heteroatoms. The Morgan fingerprint density at radius 2 is 1.62 bits per heavy atom. The number of aromatic nitrogens is 1. The number of allylic oxidation sites excluding steroid dienone is 1. The number of Topliss-reactive ketones (excluding diaryl/α,β-unsaturated/α-hetero) is 1. The highest BCUT2D eigenvalue weighted by Gasteiger charge is 2.42. The van der Waals surface area contributed by atoms with Crippen LogP contribution in [0.4, 0.5) is 11.4 Å². The second-order valence-electron chi connectivity index (χ2n) is 11.5. The van der Waals surface area contributed by atoms with Gasteiger partial charge in [0.2, 0.25) is 5.91 Å². The number of amides is 1. The highest BCUT2D eigenvalue weighted by molar-refractivity contribution is 6.06. The molecule has 2 aliphatic rings. The number of ketones is 1. The predicted octanol–water partition coefficient (Wildman–Crippen LogP) is 6.94. The van der Waals surface area contributed by atoms with E-state index in [1.807, 2.05) is 55.1 Å². The van der Waals surface area contributed by atoms with Crippen LogP contribution in [0.2, 0.25) is 0 Å². The van der Waals surface area contributed by atoms with Crippen molar-refractivity contribution >= 4 is 23.1 Å². The first-order valence-corrected chi connectivity index (χ1v) is 13.1. The van der Waals surface area contributed by atoms with Crippen LogP contribution in [-0.2, 0) is 15.0 Å². The first kappa shape index (κ1) is 24.9. The number of anilines is 2. The Hall–Kier alpha value is -3.73. The molecule has 1 aliphatic carbocycles. The second-order valence-corrected chi connectivity index (χ2v) is 11.5. The van der Waals surface area contributed by atoms with E-state index >= 15 is 0 Å².